The molecule has 2 fully saturated rings. The SMILES string of the molecule is COC(=O)C1(C)CC(c2ccc(OC)cc2)(C2CC2)OO1. The highest BCUT2D eigenvalue weighted by Gasteiger charge is 2.61. The van der Waals surface area contributed by atoms with E-state index < -0.39 is 17.2 Å². The van der Waals surface area contributed by atoms with Gasteiger partial charge in [0, 0.05) is 6.42 Å². The molecule has 5 nitrogen and oxygen atoms in total. The van der Waals surface area contributed by atoms with E-state index in [4.69, 9.17) is 19.2 Å². The number of carbonyl (C=O) groups excluding carboxylic acids is 1. The van der Waals surface area contributed by atoms with E-state index in [0.717, 1.165) is 24.2 Å². The van der Waals surface area contributed by atoms with Crippen LogP contribution in [0.1, 0.15) is 31.7 Å². The van der Waals surface area contributed by atoms with E-state index >= 15 is 0 Å². The normalized spacial score (nSPS) is 32.0. The lowest BCUT2D eigenvalue weighted by molar-refractivity contribution is -0.351. The van der Waals surface area contributed by atoms with E-state index in [-0.39, 0.29) is 0 Å². The van der Waals surface area contributed by atoms with Gasteiger partial charge >= 0.3 is 5.97 Å². The second-order valence-electron chi connectivity index (χ2n) is 5.96. The highest BCUT2D eigenvalue weighted by Crippen LogP contribution is 2.56. The number of rotatable bonds is 4. The third-order valence-corrected chi connectivity index (χ3v) is 4.41. The van der Waals surface area contributed by atoms with E-state index in [2.05, 4.69) is 0 Å². The predicted molar refractivity (Wildman–Crippen MR) is 74.6 cm³/mol. The molecule has 1 aliphatic heterocycles. The van der Waals surface area contributed by atoms with Gasteiger partial charge in [0.2, 0.25) is 5.60 Å². The number of hydrogen-bond acceptors (Lipinski definition) is 5. The molecule has 3 rings (SSSR count). The Morgan fingerprint density at radius 3 is 2.38 bits per heavy atom. The Kier molecular flexibility index (Phi) is 3.42. The van der Waals surface area contributed by atoms with Crippen molar-refractivity contribution in [2.75, 3.05) is 14.2 Å². The molecule has 2 unspecified atom stereocenters. The highest BCUT2D eigenvalue weighted by atomic mass is 17.2. The van der Waals surface area contributed by atoms with Crippen molar-refractivity contribution in [1.29, 1.82) is 0 Å². The largest absolute Gasteiger partial charge is 0.497 e. The van der Waals surface area contributed by atoms with Gasteiger partial charge < -0.3 is 9.47 Å². The maximum absolute atomic E-state index is 12.0. The summed E-state index contributed by atoms with van der Waals surface area (Å²) in [6, 6.07) is 7.75. The van der Waals surface area contributed by atoms with Gasteiger partial charge in [-0.3, -0.25) is 0 Å². The third-order valence-electron chi connectivity index (χ3n) is 4.41. The zero-order chi connectivity index (χ0) is 15.1. The van der Waals surface area contributed by atoms with Crippen molar-refractivity contribution in [3.63, 3.8) is 0 Å². The average molecular weight is 292 g/mol. The maximum atomic E-state index is 12.0. The van der Waals surface area contributed by atoms with Crippen LogP contribution < -0.4 is 4.74 Å². The molecule has 21 heavy (non-hydrogen) atoms. The van der Waals surface area contributed by atoms with Gasteiger partial charge in [0.25, 0.3) is 0 Å². The number of benzene rings is 1. The lowest BCUT2D eigenvalue weighted by Gasteiger charge is -2.27. The minimum Gasteiger partial charge on any atom is -0.497 e. The monoisotopic (exact) mass is 292 g/mol. The van der Waals surface area contributed by atoms with Crippen molar-refractivity contribution >= 4 is 5.97 Å². The van der Waals surface area contributed by atoms with Crippen LogP contribution in [0, 0.1) is 5.92 Å². The molecule has 0 amide bonds. The summed E-state index contributed by atoms with van der Waals surface area (Å²) >= 11 is 0. The van der Waals surface area contributed by atoms with Gasteiger partial charge in [0.1, 0.15) is 11.4 Å². The van der Waals surface area contributed by atoms with Crippen LogP contribution in [-0.4, -0.2) is 25.8 Å². The Labute approximate surface area is 124 Å². The first-order valence-electron chi connectivity index (χ1n) is 7.14. The first-order chi connectivity index (χ1) is 10.0. The molecule has 0 aromatic heterocycles. The zero-order valence-electron chi connectivity index (χ0n) is 12.5. The molecular formula is C16H20O5. The van der Waals surface area contributed by atoms with Crippen LogP contribution in [0.5, 0.6) is 5.75 Å². The second-order valence-corrected chi connectivity index (χ2v) is 5.96. The summed E-state index contributed by atoms with van der Waals surface area (Å²) in [6.07, 6.45) is 2.61. The first kappa shape index (κ1) is 14.4. The topological polar surface area (TPSA) is 54.0 Å². The van der Waals surface area contributed by atoms with Crippen LogP contribution in [0.3, 0.4) is 0 Å². The van der Waals surface area contributed by atoms with Gasteiger partial charge in [0.05, 0.1) is 14.2 Å². The molecule has 2 atom stereocenters. The number of methoxy groups -OCH3 is 2. The molecule has 1 aromatic carbocycles. The number of carbonyl (C=O) groups is 1. The fraction of sp³-hybridized carbons (Fsp3) is 0.562. The van der Waals surface area contributed by atoms with Gasteiger partial charge in [-0.1, -0.05) is 12.1 Å². The summed E-state index contributed by atoms with van der Waals surface area (Å²) in [7, 11) is 3.00. The van der Waals surface area contributed by atoms with Crippen LogP contribution in [-0.2, 0) is 24.9 Å². The van der Waals surface area contributed by atoms with Crippen molar-refractivity contribution in [3.8, 4) is 5.75 Å². The quantitative estimate of drug-likeness (QED) is 0.630. The van der Waals surface area contributed by atoms with Crippen molar-refractivity contribution in [2.24, 2.45) is 5.92 Å². The highest BCUT2D eigenvalue weighted by molar-refractivity contribution is 5.79. The van der Waals surface area contributed by atoms with Gasteiger partial charge in [-0.15, -0.1) is 0 Å². The van der Waals surface area contributed by atoms with Crippen molar-refractivity contribution < 1.29 is 24.0 Å². The lowest BCUT2D eigenvalue weighted by Crippen LogP contribution is -2.38. The van der Waals surface area contributed by atoms with Gasteiger partial charge in [-0.05, 0) is 43.4 Å². The predicted octanol–water partition coefficient (Wildman–Crippen LogP) is 2.58. The summed E-state index contributed by atoms with van der Waals surface area (Å²) in [4.78, 5) is 23.1. The molecule has 1 heterocycles. The lowest BCUT2D eigenvalue weighted by atomic mass is 9.80. The number of hydrogen-bond donors (Lipinski definition) is 0. The molecule has 0 N–H and O–H groups in total. The van der Waals surface area contributed by atoms with Crippen molar-refractivity contribution in [1.82, 2.24) is 0 Å². The smallest absolute Gasteiger partial charge is 0.341 e. The fourth-order valence-electron chi connectivity index (χ4n) is 3.07. The first-order valence-corrected chi connectivity index (χ1v) is 7.14. The van der Waals surface area contributed by atoms with E-state index in [0.29, 0.717) is 12.3 Å². The van der Waals surface area contributed by atoms with Gasteiger partial charge in [-0.25, -0.2) is 14.6 Å². The zero-order valence-corrected chi connectivity index (χ0v) is 12.5. The molecule has 114 valence electrons. The van der Waals surface area contributed by atoms with Gasteiger partial charge in [0.15, 0.2) is 0 Å². The Hall–Kier alpha value is -1.59. The van der Waals surface area contributed by atoms with Crippen LogP contribution in [0.4, 0.5) is 0 Å². The molecule has 1 saturated heterocycles. The minimum atomic E-state index is -1.06. The number of esters is 1. The Balaban J connectivity index is 1.93. The molecule has 1 saturated carbocycles. The summed E-state index contributed by atoms with van der Waals surface area (Å²) in [5.74, 6) is 0.759. The molecular weight excluding hydrogens is 272 g/mol. The molecule has 1 aromatic rings. The molecule has 0 spiro atoms. The van der Waals surface area contributed by atoms with Gasteiger partial charge in [-0.2, -0.15) is 0 Å². The van der Waals surface area contributed by atoms with E-state index in [1.54, 1.807) is 14.0 Å². The summed E-state index contributed by atoms with van der Waals surface area (Å²) in [6.45, 7) is 1.71. The van der Waals surface area contributed by atoms with Crippen LogP contribution in [0.2, 0.25) is 0 Å². The number of ether oxygens (including phenoxy) is 2. The minimum absolute atomic E-state index is 0.373. The average Bonchev–Trinajstić information content (AvgIpc) is 3.31. The maximum Gasteiger partial charge on any atom is 0.341 e. The third kappa shape index (κ3) is 2.30. The van der Waals surface area contributed by atoms with Crippen LogP contribution in [0.15, 0.2) is 24.3 Å². The van der Waals surface area contributed by atoms with Crippen molar-refractivity contribution in [3.05, 3.63) is 29.8 Å². The molecule has 0 radical (unpaired) electrons. The van der Waals surface area contributed by atoms with E-state index in [1.807, 2.05) is 24.3 Å². The van der Waals surface area contributed by atoms with E-state index in [1.165, 1.54) is 7.11 Å². The molecule has 1 aliphatic carbocycles. The molecule has 0 bridgehead atoms. The second kappa shape index (κ2) is 5.00. The summed E-state index contributed by atoms with van der Waals surface area (Å²) in [5.41, 5.74) is -0.620. The molecule has 5 heteroatoms. The fourth-order valence-corrected chi connectivity index (χ4v) is 3.07. The molecule has 2 aliphatic rings. The Morgan fingerprint density at radius 1 is 1.19 bits per heavy atom. The Morgan fingerprint density at radius 2 is 1.86 bits per heavy atom. The summed E-state index contributed by atoms with van der Waals surface area (Å²) < 4.78 is 10.0. The van der Waals surface area contributed by atoms with E-state index in [9.17, 15) is 4.79 Å². The summed E-state index contributed by atoms with van der Waals surface area (Å²) in [5, 5.41) is 0. The van der Waals surface area contributed by atoms with Crippen LogP contribution in [0.25, 0.3) is 0 Å². The van der Waals surface area contributed by atoms with Crippen LogP contribution >= 0.6 is 0 Å². The van der Waals surface area contributed by atoms with Crippen molar-refractivity contribution in [2.45, 2.75) is 37.4 Å². The standard InChI is InChI=1S/C16H20O5/c1-15(14(17)19-3)10-16(21-20-15,11-4-5-11)12-6-8-13(18-2)9-7-12/h6-9,11H,4-5,10H2,1-3H3. The Bertz CT molecular complexity index is 536.